The Morgan fingerprint density at radius 1 is 1.50 bits per heavy atom. The first-order valence-electron chi connectivity index (χ1n) is 5.64. The number of nitrogens with zero attached hydrogens (tertiary/aromatic N) is 1. The van der Waals surface area contributed by atoms with Gasteiger partial charge < -0.3 is 10.8 Å². The van der Waals surface area contributed by atoms with E-state index in [4.69, 9.17) is 17.3 Å². The number of aliphatic hydroxyl groups excluding tert-OH is 1. The van der Waals surface area contributed by atoms with Crippen molar-refractivity contribution in [1.82, 2.24) is 4.31 Å². The van der Waals surface area contributed by atoms with Gasteiger partial charge in [0.1, 0.15) is 4.90 Å². The minimum Gasteiger partial charge on any atom is -0.398 e. The van der Waals surface area contributed by atoms with Crippen LogP contribution in [0.1, 0.15) is 12.8 Å². The third-order valence-corrected chi connectivity index (χ3v) is 5.34. The highest BCUT2D eigenvalue weighted by molar-refractivity contribution is 7.89. The second-order valence-corrected chi connectivity index (χ2v) is 6.57. The summed E-state index contributed by atoms with van der Waals surface area (Å²) in [6.07, 6.45) is 1.40. The Kier molecular flexibility index (Phi) is 3.82. The van der Waals surface area contributed by atoms with Gasteiger partial charge in [0.05, 0.1) is 12.3 Å². The summed E-state index contributed by atoms with van der Waals surface area (Å²) >= 11 is 5.81. The van der Waals surface area contributed by atoms with E-state index in [1.54, 1.807) is 6.07 Å². The van der Waals surface area contributed by atoms with Crippen molar-refractivity contribution in [2.75, 3.05) is 18.9 Å². The predicted octanol–water partition coefficient (Wildman–Crippen LogP) is 1.07. The number of nitrogen functional groups attached to an aromatic ring is 1. The van der Waals surface area contributed by atoms with E-state index >= 15 is 0 Å². The Morgan fingerprint density at radius 2 is 2.22 bits per heavy atom. The number of hydrogen-bond donors (Lipinski definition) is 2. The number of rotatable bonds is 3. The van der Waals surface area contributed by atoms with Crippen molar-refractivity contribution >= 4 is 27.3 Å². The Bertz CT molecular complexity index is 547. The van der Waals surface area contributed by atoms with E-state index in [-0.39, 0.29) is 23.2 Å². The number of hydrogen-bond acceptors (Lipinski definition) is 4. The lowest BCUT2D eigenvalue weighted by atomic mass is 10.2. The zero-order valence-corrected chi connectivity index (χ0v) is 11.3. The molecule has 1 atom stereocenters. The lowest BCUT2D eigenvalue weighted by Crippen LogP contribution is -2.37. The summed E-state index contributed by atoms with van der Waals surface area (Å²) < 4.78 is 26.2. The van der Waals surface area contributed by atoms with Gasteiger partial charge in [-0.3, -0.25) is 0 Å². The van der Waals surface area contributed by atoms with Crippen LogP contribution < -0.4 is 5.73 Å². The Hall–Kier alpha value is -0.820. The average Bonchev–Trinajstić information content (AvgIpc) is 2.81. The fourth-order valence-corrected chi connectivity index (χ4v) is 4.23. The Morgan fingerprint density at radius 3 is 2.89 bits per heavy atom. The van der Waals surface area contributed by atoms with Gasteiger partial charge in [0.25, 0.3) is 0 Å². The van der Waals surface area contributed by atoms with Crippen LogP contribution in [0.2, 0.25) is 5.02 Å². The van der Waals surface area contributed by atoms with Gasteiger partial charge in [0, 0.05) is 17.6 Å². The van der Waals surface area contributed by atoms with E-state index < -0.39 is 10.0 Å². The highest BCUT2D eigenvalue weighted by atomic mass is 35.5. The van der Waals surface area contributed by atoms with E-state index in [2.05, 4.69) is 0 Å². The molecule has 1 aliphatic heterocycles. The quantitative estimate of drug-likeness (QED) is 0.816. The van der Waals surface area contributed by atoms with Crippen LogP contribution in [0.3, 0.4) is 0 Å². The SMILES string of the molecule is Nc1ccc(Cl)cc1S(=O)(=O)N1CCC[C@@H]1CO. The third kappa shape index (κ3) is 2.33. The topological polar surface area (TPSA) is 83.6 Å². The van der Waals surface area contributed by atoms with Crippen LogP contribution in [0.4, 0.5) is 5.69 Å². The van der Waals surface area contributed by atoms with Crippen molar-refractivity contribution in [3.05, 3.63) is 23.2 Å². The van der Waals surface area contributed by atoms with Crippen LogP contribution in [0, 0.1) is 0 Å². The molecule has 0 bridgehead atoms. The van der Waals surface area contributed by atoms with Gasteiger partial charge in [-0.15, -0.1) is 0 Å². The van der Waals surface area contributed by atoms with Crippen molar-refractivity contribution in [3.63, 3.8) is 0 Å². The van der Waals surface area contributed by atoms with E-state index in [1.165, 1.54) is 16.4 Å². The zero-order chi connectivity index (χ0) is 13.3. The molecule has 1 fully saturated rings. The number of halogens is 1. The van der Waals surface area contributed by atoms with Crippen LogP contribution in [0.25, 0.3) is 0 Å². The molecule has 5 nitrogen and oxygen atoms in total. The minimum absolute atomic E-state index is 0.00958. The second kappa shape index (κ2) is 5.05. The van der Waals surface area contributed by atoms with Crippen molar-refractivity contribution in [1.29, 1.82) is 0 Å². The molecule has 1 aromatic carbocycles. The molecular formula is C11H15ClN2O3S. The predicted molar refractivity (Wildman–Crippen MR) is 69.9 cm³/mol. The molecule has 3 N–H and O–H groups in total. The summed E-state index contributed by atoms with van der Waals surface area (Å²) in [7, 11) is -3.69. The van der Waals surface area contributed by atoms with Gasteiger partial charge in [-0.2, -0.15) is 4.31 Å². The zero-order valence-electron chi connectivity index (χ0n) is 9.71. The fourth-order valence-electron chi connectivity index (χ4n) is 2.17. The van der Waals surface area contributed by atoms with Gasteiger partial charge >= 0.3 is 0 Å². The molecule has 100 valence electrons. The largest absolute Gasteiger partial charge is 0.398 e. The smallest absolute Gasteiger partial charge is 0.245 e. The summed E-state index contributed by atoms with van der Waals surface area (Å²) in [6, 6.07) is 4.00. The van der Waals surface area contributed by atoms with Gasteiger partial charge in [-0.1, -0.05) is 11.6 Å². The molecular weight excluding hydrogens is 276 g/mol. The number of aliphatic hydroxyl groups is 1. The van der Waals surface area contributed by atoms with Crippen molar-refractivity contribution < 1.29 is 13.5 Å². The first kappa shape index (κ1) is 13.6. The highest BCUT2D eigenvalue weighted by Gasteiger charge is 2.35. The molecule has 0 unspecified atom stereocenters. The average molecular weight is 291 g/mol. The molecule has 1 heterocycles. The minimum atomic E-state index is -3.69. The van der Waals surface area contributed by atoms with Crippen molar-refractivity contribution in [2.45, 2.75) is 23.8 Å². The summed E-state index contributed by atoms with van der Waals surface area (Å²) in [5.41, 5.74) is 5.87. The fraction of sp³-hybridized carbons (Fsp3) is 0.455. The maximum atomic E-state index is 12.5. The van der Waals surface area contributed by atoms with Gasteiger partial charge in [-0.05, 0) is 31.0 Å². The van der Waals surface area contributed by atoms with Crippen LogP contribution in [0.5, 0.6) is 0 Å². The summed E-state index contributed by atoms with van der Waals surface area (Å²) in [5, 5.41) is 9.53. The molecule has 2 rings (SSSR count). The third-order valence-electron chi connectivity index (χ3n) is 3.10. The Balaban J connectivity index is 2.45. The molecule has 1 aliphatic rings. The number of sulfonamides is 1. The molecule has 0 aliphatic carbocycles. The van der Waals surface area contributed by atoms with Crippen LogP contribution >= 0.6 is 11.6 Å². The van der Waals surface area contributed by atoms with Crippen LogP contribution in [-0.2, 0) is 10.0 Å². The molecule has 0 radical (unpaired) electrons. The van der Waals surface area contributed by atoms with Crippen molar-refractivity contribution in [3.8, 4) is 0 Å². The van der Waals surface area contributed by atoms with Gasteiger partial charge in [0.2, 0.25) is 10.0 Å². The molecule has 0 amide bonds. The molecule has 0 saturated carbocycles. The van der Waals surface area contributed by atoms with Crippen LogP contribution in [0.15, 0.2) is 23.1 Å². The lowest BCUT2D eigenvalue weighted by molar-refractivity contribution is 0.213. The van der Waals surface area contributed by atoms with Gasteiger partial charge in [-0.25, -0.2) is 8.42 Å². The van der Waals surface area contributed by atoms with E-state index in [0.29, 0.717) is 18.0 Å². The van der Waals surface area contributed by atoms with E-state index in [1.807, 2.05) is 0 Å². The number of anilines is 1. The molecule has 1 saturated heterocycles. The summed E-state index contributed by atoms with van der Waals surface area (Å²) in [6.45, 7) is 0.221. The first-order valence-corrected chi connectivity index (χ1v) is 7.46. The summed E-state index contributed by atoms with van der Waals surface area (Å²) in [5.74, 6) is 0. The molecule has 18 heavy (non-hydrogen) atoms. The van der Waals surface area contributed by atoms with Gasteiger partial charge in [0.15, 0.2) is 0 Å². The molecule has 0 aromatic heterocycles. The maximum absolute atomic E-state index is 12.5. The second-order valence-electron chi connectivity index (χ2n) is 4.28. The summed E-state index contributed by atoms with van der Waals surface area (Å²) in [4.78, 5) is 0.00958. The standard InChI is InChI=1S/C11H15ClN2O3S/c12-8-3-4-10(13)11(6-8)18(16,17)14-5-1-2-9(14)7-15/h3-4,6,9,15H,1-2,5,7,13H2/t9-/m1/s1. The van der Waals surface area contributed by atoms with E-state index in [0.717, 1.165) is 6.42 Å². The Labute approximate surface area is 111 Å². The lowest BCUT2D eigenvalue weighted by Gasteiger charge is -2.23. The van der Waals surface area contributed by atoms with E-state index in [9.17, 15) is 13.5 Å². The monoisotopic (exact) mass is 290 g/mol. The normalized spacial score (nSPS) is 21.3. The maximum Gasteiger partial charge on any atom is 0.245 e. The first-order chi connectivity index (χ1) is 8.46. The molecule has 7 heteroatoms. The van der Waals surface area contributed by atoms with Crippen LogP contribution in [-0.4, -0.2) is 37.0 Å². The molecule has 1 aromatic rings. The molecule has 0 spiro atoms. The highest BCUT2D eigenvalue weighted by Crippen LogP contribution is 2.30. The number of nitrogens with two attached hydrogens (primary N) is 1. The van der Waals surface area contributed by atoms with Crippen molar-refractivity contribution in [2.24, 2.45) is 0 Å². The number of benzene rings is 1.